The van der Waals surface area contributed by atoms with Crippen molar-refractivity contribution in [3.8, 4) is 0 Å². The number of rotatable bonds is 5. The van der Waals surface area contributed by atoms with Crippen LogP contribution in [0.15, 0.2) is 33.3 Å². The molecule has 0 aliphatic heterocycles. The molecule has 0 radical (unpaired) electrons. The highest BCUT2D eigenvalue weighted by atomic mass is 16.5. The molecule has 6 nitrogen and oxygen atoms in total. The highest BCUT2D eigenvalue weighted by Crippen LogP contribution is 2.19. The lowest BCUT2D eigenvalue weighted by molar-refractivity contribution is 0.374. The second-order valence-electron chi connectivity index (χ2n) is 4.30. The molecule has 2 aromatic heterocycles. The lowest BCUT2D eigenvalue weighted by Gasteiger charge is -1.90. The van der Waals surface area contributed by atoms with Gasteiger partial charge in [-0.05, 0) is 25.1 Å². The molecule has 0 atom stereocenters. The fourth-order valence-corrected chi connectivity index (χ4v) is 1.93. The van der Waals surface area contributed by atoms with E-state index in [1.165, 1.54) is 0 Å². The Hall–Kier alpha value is -2.21. The molecule has 3 rings (SSSR count). The highest BCUT2D eigenvalue weighted by Gasteiger charge is 2.12. The summed E-state index contributed by atoms with van der Waals surface area (Å²) in [6, 6.07) is 7.71. The monoisotopic (exact) mass is 258 g/mol. The average Bonchev–Trinajstić information content (AvgIpc) is 3.05. The van der Waals surface area contributed by atoms with Gasteiger partial charge in [0, 0.05) is 11.8 Å². The maximum absolute atomic E-state index is 5.45. The van der Waals surface area contributed by atoms with Gasteiger partial charge in [-0.15, -0.1) is 0 Å². The van der Waals surface area contributed by atoms with E-state index in [1.807, 2.05) is 24.3 Å². The van der Waals surface area contributed by atoms with E-state index in [-0.39, 0.29) is 0 Å². The van der Waals surface area contributed by atoms with Gasteiger partial charge in [-0.25, -0.2) is 0 Å². The van der Waals surface area contributed by atoms with E-state index in [2.05, 4.69) is 15.3 Å². The molecule has 1 aromatic carbocycles. The summed E-state index contributed by atoms with van der Waals surface area (Å²) in [5.74, 6) is 1.24. The van der Waals surface area contributed by atoms with Crippen molar-refractivity contribution < 1.29 is 9.05 Å². The van der Waals surface area contributed by atoms with Gasteiger partial charge < -0.3 is 14.8 Å². The first-order valence-corrected chi connectivity index (χ1v) is 6.21. The standard InChI is InChI=1S/C13H14N4O2/c14-7-3-6-12-15-13(19-17-12)8-10-9-4-1-2-5-11(9)18-16-10/h1-2,4-5H,3,6-8,14H2. The maximum atomic E-state index is 5.45. The summed E-state index contributed by atoms with van der Waals surface area (Å²) in [5.41, 5.74) is 7.02. The van der Waals surface area contributed by atoms with Crippen LogP contribution >= 0.6 is 0 Å². The van der Waals surface area contributed by atoms with Crippen LogP contribution in [0.2, 0.25) is 0 Å². The van der Waals surface area contributed by atoms with Crippen molar-refractivity contribution in [3.05, 3.63) is 41.7 Å². The Labute approximate surface area is 109 Å². The molecule has 2 heterocycles. The molecule has 19 heavy (non-hydrogen) atoms. The first-order valence-electron chi connectivity index (χ1n) is 6.21. The van der Waals surface area contributed by atoms with Crippen molar-refractivity contribution in [1.29, 1.82) is 0 Å². The molecule has 0 saturated carbocycles. The topological polar surface area (TPSA) is 91.0 Å². The minimum Gasteiger partial charge on any atom is -0.356 e. The minimum absolute atomic E-state index is 0.479. The number of aryl methyl sites for hydroxylation is 1. The Morgan fingerprint density at radius 1 is 1.11 bits per heavy atom. The van der Waals surface area contributed by atoms with Crippen LogP contribution in [0.25, 0.3) is 11.0 Å². The minimum atomic E-state index is 0.479. The molecule has 98 valence electrons. The normalized spacial score (nSPS) is 11.2. The lowest BCUT2D eigenvalue weighted by atomic mass is 10.2. The zero-order valence-electron chi connectivity index (χ0n) is 10.4. The fourth-order valence-electron chi connectivity index (χ4n) is 1.93. The molecule has 0 aliphatic rings. The Morgan fingerprint density at radius 2 is 2.00 bits per heavy atom. The van der Waals surface area contributed by atoms with E-state index >= 15 is 0 Å². The van der Waals surface area contributed by atoms with Gasteiger partial charge in [-0.1, -0.05) is 22.4 Å². The van der Waals surface area contributed by atoms with Gasteiger partial charge >= 0.3 is 0 Å². The Morgan fingerprint density at radius 3 is 2.89 bits per heavy atom. The van der Waals surface area contributed by atoms with Crippen LogP contribution in [-0.2, 0) is 12.8 Å². The summed E-state index contributed by atoms with van der Waals surface area (Å²) < 4.78 is 10.4. The SMILES string of the molecule is NCCCc1noc(Cc2noc3ccccc23)n1. The first kappa shape index (κ1) is 11.9. The van der Waals surface area contributed by atoms with Crippen LogP contribution in [0.5, 0.6) is 0 Å². The maximum Gasteiger partial charge on any atom is 0.232 e. The molecule has 0 amide bonds. The van der Waals surface area contributed by atoms with E-state index in [0.29, 0.717) is 24.7 Å². The number of fused-ring (bicyclic) bond motifs is 1. The number of hydrogen-bond acceptors (Lipinski definition) is 6. The summed E-state index contributed by atoms with van der Waals surface area (Å²) in [7, 11) is 0. The van der Waals surface area contributed by atoms with E-state index in [1.54, 1.807) is 0 Å². The van der Waals surface area contributed by atoms with Crippen molar-refractivity contribution in [2.24, 2.45) is 5.73 Å². The molecule has 0 spiro atoms. The molecule has 6 heteroatoms. The van der Waals surface area contributed by atoms with Crippen molar-refractivity contribution in [2.45, 2.75) is 19.3 Å². The van der Waals surface area contributed by atoms with Gasteiger partial charge in [0.15, 0.2) is 11.4 Å². The van der Waals surface area contributed by atoms with Gasteiger partial charge in [0.25, 0.3) is 0 Å². The third-order valence-corrected chi connectivity index (χ3v) is 2.89. The smallest absolute Gasteiger partial charge is 0.232 e. The molecular formula is C13H14N4O2. The fraction of sp³-hybridized carbons (Fsp3) is 0.308. The average molecular weight is 258 g/mol. The first-order chi connectivity index (χ1) is 9.36. The van der Waals surface area contributed by atoms with Crippen LogP contribution in [0, 0.1) is 0 Å². The van der Waals surface area contributed by atoms with E-state index in [4.69, 9.17) is 14.8 Å². The summed E-state index contributed by atoms with van der Waals surface area (Å²) in [6.45, 7) is 0.623. The van der Waals surface area contributed by atoms with Gasteiger partial charge in [0.05, 0.1) is 6.42 Å². The zero-order valence-corrected chi connectivity index (χ0v) is 10.4. The number of nitrogens with zero attached hydrogens (tertiary/aromatic N) is 3. The zero-order chi connectivity index (χ0) is 13.1. The predicted molar refractivity (Wildman–Crippen MR) is 68.5 cm³/mol. The number of nitrogens with two attached hydrogens (primary N) is 1. The molecule has 0 bridgehead atoms. The number of benzene rings is 1. The van der Waals surface area contributed by atoms with Crippen LogP contribution in [0.1, 0.15) is 23.8 Å². The third-order valence-electron chi connectivity index (χ3n) is 2.89. The Kier molecular flexibility index (Phi) is 3.24. The Bertz CT molecular complexity index is 674. The predicted octanol–water partition coefficient (Wildman–Crippen LogP) is 1.69. The summed E-state index contributed by atoms with van der Waals surface area (Å²) in [4.78, 5) is 4.31. The van der Waals surface area contributed by atoms with Crippen LogP contribution in [0.3, 0.4) is 0 Å². The second-order valence-corrected chi connectivity index (χ2v) is 4.30. The van der Waals surface area contributed by atoms with E-state index < -0.39 is 0 Å². The van der Waals surface area contributed by atoms with Crippen molar-refractivity contribution in [1.82, 2.24) is 15.3 Å². The number of para-hydroxylation sites is 1. The van der Waals surface area contributed by atoms with Crippen molar-refractivity contribution in [2.75, 3.05) is 6.54 Å². The molecule has 0 aliphatic carbocycles. The number of aromatic nitrogens is 3. The molecule has 3 aromatic rings. The van der Waals surface area contributed by atoms with Crippen molar-refractivity contribution >= 4 is 11.0 Å². The van der Waals surface area contributed by atoms with Crippen LogP contribution in [0.4, 0.5) is 0 Å². The molecule has 0 unspecified atom stereocenters. The molecule has 0 fully saturated rings. The quantitative estimate of drug-likeness (QED) is 0.748. The highest BCUT2D eigenvalue weighted by molar-refractivity contribution is 5.79. The molecule has 0 saturated heterocycles. The van der Waals surface area contributed by atoms with Gasteiger partial charge in [0.1, 0.15) is 5.69 Å². The van der Waals surface area contributed by atoms with Gasteiger partial charge in [-0.3, -0.25) is 0 Å². The van der Waals surface area contributed by atoms with Crippen molar-refractivity contribution in [3.63, 3.8) is 0 Å². The molecular weight excluding hydrogens is 244 g/mol. The van der Waals surface area contributed by atoms with Crippen LogP contribution < -0.4 is 5.73 Å². The number of hydrogen-bond donors (Lipinski definition) is 1. The van der Waals surface area contributed by atoms with E-state index in [9.17, 15) is 0 Å². The summed E-state index contributed by atoms with van der Waals surface area (Å²) in [5, 5.41) is 8.93. The van der Waals surface area contributed by atoms with E-state index in [0.717, 1.165) is 29.5 Å². The van der Waals surface area contributed by atoms with Crippen LogP contribution in [-0.4, -0.2) is 21.8 Å². The third kappa shape index (κ3) is 2.48. The van der Waals surface area contributed by atoms with Gasteiger partial charge in [0.2, 0.25) is 5.89 Å². The molecule has 2 N–H and O–H groups in total. The second kappa shape index (κ2) is 5.19. The Balaban J connectivity index is 1.79. The lowest BCUT2D eigenvalue weighted by Crippen LogP contribution is -2.01. The summed E-state index contributed by atoms with van der Waals surface area (Å²) >= 11 is 0. The largest absolute Gasteiger partial charge is 0.356 e. The summed E-state index contributed by atoms with van der Waals surface area (Å²) in [6.07, 6.45) is 2.07. The van der Waals surface area contributed by atoms with Gasteiger partial charge in [-0.2, -0.15) is 4.98 Å².